The molecule has 0 spiro atoms. The highest BCUT2D eigenvalue weighted by atomic mass is 16.2. The Morgan fingerprint density at radius 2 is 2.05 bits per heavy atom. The highest BCUT2D eigenvalue weighted by Crippen LogP contribution is 2.32. The van der Waals surface area contributed by atoms with Crippen LogP contribution in [-0.2, 0) is 9.59 Å². The molecule has 2 heterocycles. The lowest BCUT2D eigenvalue weighted by molar-refractivity contribution is -0.118. The molecule has 1 aromatic heterocycles. The van der Waals surface area contributed by atoms with E-state index in [9.17, 15) is 9.59 Å². The van der Waals surface area contributed by atoms with Gasteiger partial charge in [0.2, 0.25) is 17.8 Å². The molecule has 7 nitrogen and oxygen atoms in total. The zero-order valence-corrected chi connectivity index (χ0v) is 11.8. The van der Waals surface area contributed by atoms with Crippen molar-refractivity contribution in [2.45, 2.75) is 25.3 Å². The van der Waals surface area contributed by atoms with Crippen molar-refractivity contribution in [3.63, 3.8) is 0 Å². The van der Waals surface area contributed by atoms with Gasteiger partial charge in [0.15, 0.2) is 0 Å². The normalized spacial score (nSPS) is 20.2. The lowest BCUT2D eigenvalue weighted by Gasteiger charge is -2.23. The Labute approximate surface area is 126 Å². The van der Waals surface area contributed by atoms with Crippen LogP contribution in [0.5, 0.6) is 0 Å². The maximum absolute atomic E-state index is 11.9. The highest BCUT2D eigenvalue weighted by molar-refractivity contribution is 5.94. The summed E-state index contributed by atoms with van der Waals surface area (Å²) < 4.78 is 1.67. The zero-order chi connectivity index (χ0) is 15.1. The summed E-state index contributed by atoms with van der Waals surface area (Å²) in [5.41, 5.74) is 0.989. The van der Waals surface area contributed by atoms with Gasteiger partial charge in [-0.05, 0) is 18.4 Å². The third kappa shape index (κ3) is 2.34. The monoisotopic (exact) mass is 297 g/mol. The van der Waals surface area contributed by atoms with Crippen LogP contribution in [0.4, 0.5) is 11.9 Å². The van der Waals surface area contributed by atoms with E-state index < -0.39 is 0 Å². The first-order valence-electron chi connectivity index (χ1n) is 7.33. The van der Waals surface area contributed by atoms with Crippen LogP contribution in [-0.4, -0.2) is 26.6 Å². The molecule has 1 unspecified atom stereocenters. The molecular formula is C15H15N5O2. The molecule has 4 rings (SSSR count). The molecule has 2 aliphatic rings. The van der Waals surface area contributed by atoms with E-state index in [4.69, 9.17) is 0 Å². The molecule has 1 aliphatic carbocycles. The number of anilines is 2. The molecule has 2 aromatic rings. The Hall–Kier alpha value is -2.70. The highest BCUT2D eigenvalue weighted by Gasteiger charge is 2.32. The van der Waals surface area contributed by atoms with Crippen LogP contribution < -0.4 is 10.6 Å². The minimum absolute atomic E-state index is 0.0504. The van der Waals surface area contributed by atoms with Gasteiger partial charge in [-0.25, -0.2) is 4.68 Å². The molecule has 1 aromatic carbocycles. The number of nitrogens with one attached hydrogen (secondary N) is 2. The van der Waals surface area contributed by atoms with E-state index in [0.717, 1.165) is 18.4 Å². The van der Waals surface area contributed by atoms with Crippen LogP contribution in [0.2, 0.25) is 0 Å². The molecule has 0 saturated heterocycles. The van der Waals surface area contributed by atoms with Gasteiger partial charge < -0.3 is 0 Å². The molecule has 1 saturated carbocycles. The maximum atomic E-state index is 11.9. The van der Waals surface area contributed by atoms with Crippen molar-refractivity contribution >= 4 is 23.7 Å². The summed E-state index contributed by atoms with van der Waals surface area (Å²) in [6, 6.07) is 9.48. The van der Waals surface area contributed by atoms with Crippen LogP contribution in [0.25, 0.3) is 0 Å². The number of fused-ring (bicyclic) bond motifs is 1. The third-order valence-corrected chi connectivity index (χ3v) is 3.92. The van der Waals surface area contributed by atoms with Crippen molar-refractivity contribution in [2.75, 3.05) is 10.6 Å². The lowest BCUT2D eigenvalue weighted by Crippen LogP contribution is -2.29. The van der Waals surface area contributed by atoms with Crippen molar-refractivity contribution in [1.29, 1.82) is 0 Å². The number of benzene rings is 1. The Kier molecular flexibility index (Phi) is 2.92. The molecule has 2 N–H and O–H groups in total. The Morgan fingerprint density at radius 1 is 1.27 bits per heavy atom. The van der Waals surface area contributed by atoms with Crippen molar-refractivity contribution < 1.29 is 9.59 Å². The van der Waals surface area contributed by atoms with Gasteiger partial charge in [0.25, 0.3) is 5.95 Å². The van der Waals surface area contributed by atoms with Gasteiger partial charge in [-0.15, -0.1) is 5.10 Å². The van der Waals surface area contributed by atoms with Gasteiger partial charge in [0.1, 0.15) is 0 Å². The number of hydrogen-bond donors (Lipinski definition) is 2. The number of aromatic nitrogens is 3. The van der Waals surface area contributed by atoms with E-state index in [1.165, 1.54) is 0 Å². The molecule has 0 radical (unpaired) electrons. The van der Waals surface area contributed by atoms with Gasteiger partial charge >= 0.3 is 0 Å². The number of nitrogens with zero attached hydrogens (tertiary/aromatic N) is 3. The minimum atomic E-state index is -0.205. The van der Waals surface area contributed by atoms with Crippen LogP contribution in [0.15, 0.2) is 30.3 Å². The lowest BCUT2D eigenvalue weighted by atomic mass is 10.0. The van der Waals surface area contributed by atoms with E-state index in [0.29, 0.717) is 12.4 Å². The summed E-state index contributed by atoms with van der Waals surface area (Å²) >= 11 is 0. The Balaban J connectivity index is 1.66. The summed E-state index contributed by atoms with van der Waals surface area (Å²) in [6.07, 6.45) is 2.14. The topological polar surface area (TPSA) is 88.9 Å². The Bertz CT molecular complexity index is 736. The van der Waals surface area contributed by atoms with Crippen molar-refractivity contribution in [3.8, 4) is 0 Å². The average molecular weight is 297 g/mol. The van der Waals surface area contributed by atoms with Gasteiger partial charge in [-0.3, -0.25) is 20.2 Å². The number of amides is 2. The molecular weight excluding hydrogens is 282 g/mol. The summed E-state index contributed by atoms with van der Waals surface area (Å²) in [5, 5.41) is 9.76. The van der Waals surface area contributed by atoms with Gasteiger partial charge in [0.05, 0.1) is 12.5 Å². The van der Waals surface area contributed by atoms with Crippen molar-refractivity contribution in [1.82, 2.24) is 14.8 Å². The van der Waals surface area contributed by atoms with Crippen LogP contribution in [0.1, 0.15) is 30.9 Å². The predicted octanol–water partition coefficient (Wildman–Crippen LogP) is 1.56. The average Bonchev–Trinajstić information content (AvgIpc) is 3.29. The van der Waals surface area contributed by atoms with Gasteiger partial charge in [-0.2, -0.15) is 4.98 Å². The van der Waals surface area contributed by atoms with E-state index in [2.05, 4.69) is 20.7 Å². The molecule has 112 valence electrons. The predicted molar refractivity (Wildman–Crippen MR) is 79.2 cm³/mol. The van der Waals surface area contributed by atoms with Gasteiger partial charge in [-0.1, -0.05) is 30.3 Å². The molecule has 7 heteroatoms. The first kappa shape index (κ1) is 13.0. The number of rotatable bonds is 3. The SMILES string of the molecule is O=C1CC(c2ccccc2)n2nc(NC(=O)C3CC3)nc2N1. The largest absolute Gasteiger partial charge is 0.295 e. The van der Waals surface area contributed by atoms with E-state index in [-0.39, 0.29) is 29.7 Å². The van der Waals surface area contributed by atoms with E-state index in [1.54, 1.807) is 4.68 Å². The van der Waals surface area contributed by atoms with Crippen molar-refractivity contribution in [2.24, 2.45) is 5.92 Å². The van der Waals surface area contributed by atoms with E-state index >= 15 is 0 Å². The standard InChI is InChI=1S/C15H15N5O2/c21-12-8-11(9-4-2-1-3-5-9)20-15(16-12)18-14(19-20)17-13(22)10-6-7-10/h1-5,10-11H,6-8H2,(H2,16,17,18,19,21,22). The second kappa shape index (κ2) is 4.94. The van der Waals surface area contributed by atoms with Crippen molar-refractivity contribution in [3.05, 3.63) is 35.9 Å². The fourth-order valence-electron chi connectivity index (χ4n) is 2.61. The summed E-state index contributed by atoms with van der Waals surface area (Å²) in [5.74, 6) is 0.547. The van der Waals surface area contributed by atoms with Crippen LogP contribution in [0, 0.1) is 5.92 Å². The summed E-state index contributed by atoms with van der Waals surface area (Å²) in [7, 11) is 0. The molecule has 2 amide bonds. The maximum Gasteiger partial charge on any atom is 0.250 e. The number of carbonyl (C=O) groups excluding carboxylic acids is 2. The minimum Gasteiger partial charge on any atom is -0.295 e. The first-order valence-corrected chi connectivity index (χ1v) is 7.33. The molecule has 22 heavy (non-hydrogen) atoms. The fourth-order valence-corrected chi connectivity index (χ4v) is 2.61. The van der Waals surface area contributed by atoms with Crippen LogP contribution in [0.3, 0.4) is 0 Å². The quantitative estimate of drug-likeness (QED) is 0.899. The first-order chi connectivity index (χ1) is 10.7. The number of carbonyl (C=O) groups is 2. The second-order valence-corrected chi connectivity index (χ2v) is 5.65. The summed E-state index contributed by atoms with van der Waals surface area (Å²) in [4.78, 5) is 27.9. The smallest absolute Gasteiger partial charge is 0.250 e. The molecule has 0 bridgehead atoms. The molecule has 1 fully saturated rings. The summed E-state index contributed by atoms with van der Waals surface area (Å²) in [6.45, 7) is 0. The van der Waals surface area contributed by atoms with Gasteiger partial charge in [0, 0.05) is 5.92 Å². The molecule has 1 atom stereocenters. The van der Waals surface area contributed by atoms with Crippen LogP contribution >= 0.6 is 0 Å². The number of hydrogen-bond acceptors (Lipinski definition) is 4. The second-order valence-electron chi connectivity index (χ2n) is 5.65. The molecule has 1 aliphatic heterocycles. The fraction of sp³-hybridized carbons (Fsp3) is 0.333. The van der Waals surface area contributed by atoms with E-state index in [1.807, 2.05) is 30.3 Å². The Morgan fingerprint density at radius 3 is 2.77 bits per heavy atom. The third-order valence-electron chi connectivity index (χ3n) is 3.92. The zero-order valence-electron chi connectivity index (χ0n) is 11.8.